The Morgan fingerprint density at radius 2 is 0.692 bits per heavy atom. The van der Waals surface area contributed by atoms with Crippen LogP contribution in [0.1, 0.15) is 0 Å². The number of rotatable bonds is 8. The van der Waals surface area contributed by atoms with E-state index >= 15 is 0 Å². The standard InChI is InChI=1S/C50H35NO/c1-4-13-36(14-5-1)39-23-27-46(28-24-39)51(48-33-44(37-15-6-2-7-16-37)32-45(34-48)38-17-8-3-9-18-38)47-29-25-40(26-30-47)41-20-12-21-42(31-41)50-35-43-19-10-11-22-49(43)52-50/h1-35H. The zero-order valence-corrected chi connectivity index (χ0v) is 28.6. The van der Waals surface area contributed by atoms with Gasteiger partial charge in [0.25, 0.3) is 0 Å². The van der Waals surface area contributed by atoms with Gasteiger partial charge in [-0.05, 0) is 105 Å². The van der Waals surface area contributed by atoms with Gasteiger partial charge in [0, 0.05) is 28.0 Å². The van der Waals surface area contributed by atoms with E-state index in [-0.39, 0.29) is 0 Å². The van der Waals surface area contributed by atoms with Crippen LogP contribution in [0, 0.1) is 0 Å². The van der Waals surface area contributed by atoms with Crippen molar-refractivity contribution < 1.29 is 4.42 Å². The summed E-state index contributed by atoms with van der Waals surface area (Å²) in [4.78, 5) is 2.36. The van der Waals surface area contributed by atoms with Gasteiger partial charge < -0.3 is 9.32 Å². The summed E-state index contributed by atoms with van der Waals surface area (Å²) in [5.74, 6) is 0.873. The molecule has 0 amide bonds. The van der Waals surface area contributed by atoms with Gasteiger partial charge in [0.1, 0.15) is 11.3 Å². The summed E-state index contributed by atoms with van der Waals surface area (Å²) in [5.41, 5.74) is 14.6. The van der Waals surface area contributed by atoms with Gasteiger partial charge in [-0.15, -0.1) is 0 Å². The average Bonchev–Trinajstić information content (AvgIpc) is 3.67. The second-order valence-corrected chi connectivity index (χ2v) is 13.0. The molecule has 9 aromatic rings. The van der Waals surface area contributed by atoms with Crippen molar-refractivity contribution in [3.8, 4) is 55.8 Å². The Kier molecular flexibility index (Phi) is 8.24. The molecule has 0 atom stereocenters. The van der Waals surface area contributed by atoms with E-state index in [1.165, 1.54) is 33.4 Å². The summed E-state index contributed by atoms with van der Waals surface area (Å²) >= 11 is 0. The van der Waals surface area contributed by atoms with Gasteiger partial charge in [0.2, 0.25) is 0 Å². The lowest BCUT2D eigenvalue weighted by molar-refractivity contribution is 0.631. The molecule has 0 spiro atoms. The van der Waals surface area contributed by atoms with Gasteiger partial charge in [0.15, 0.2) is 0 Å². The minimum atomic E-state index is 0.873. The van der Waals surface area contributed by atoms with E-state index in [9.17, 15) is 0 Å². The minimum absolute atomic E-state index is 0.873. The molecule has 0 N–H and O–H groups in total. The molecular weight excluding hydrogens is 631 g/mol. The zero-order chi connectivity index (χ0) is 34.7. The number of nitrogens with zero attached hydrogens (tertiary/aromatic N) is 1. The first-order valence-electron chi connectivity index (χ1n) is 17.7. The van der Waals surface area contributed by atoms with Crippen LogP contribution in [0.2, 0.25) is 0 Å². The van der Waals surface area contributed by atoms with Crippen molar-refractivity contribution in [1.29, 1.82) is 0 Å². The summed E-state index contributed by atoms with van der Waals surface area (Å²) in [5, 5.41) is 1.11. The number of furan rings is 1. The van der Waals surface area contributed by atoms with E-state index in [2.05, 4.69) is 199 Å². The first-order valence-corrected chi connectivity index (χ1v) is 17.7. The smallest absolute Gasteiger partial charge is 0.135 e. The predicted octanol–water partition coefficient (Wildman–Crippen LogP) is 14.2. The summed E-state index contributed by atoms with van der Waals surface area (Å²) in [6.07, 6.45) is 0. The molecule has 52 heavy (non-hydrogen) atoms. The minimum Gasteiger partial charge on any atom is -0.456 e. The van der Waals surface area contributed by atoms with Gasteiger partial charge in [0.05, 0.1) is 0 Å². The molecule has 0 bridgehead atoms. The van der Waals surface area contributed by atoms with Crippen LogP contribution in [0.5, 0.6) is 0 Å². The second-order valence-electron chi connectivity index (χ2n) is 13.0. The van der Waals surface area contributed by atoms with Crippen LogP contribution in [0.4, 0.5) is 17.1 Å². The molecule has 0 saturated carbocycles. The molecule has 246 valence electrons. The Morgan fingerprint density at radius 3 is 1.25 bits per heavy atom. The van der Waals surface area contributed by atoms with Crippen LogP contribution in [-0.4, -0.2) is 0 Å². The van der Waals surface area contributed by atoms with Crippen LogP contribution < -0.4 is 4.90 Å². The Balaban J connectivity index is 1.14. The fourth-order valence-electron chi connectivity index (χ4n) is 6.99. The molecule has 0 fully saturated rings. The largest absolute Gasteiger partial charge is 0.456 e. The Labute approximate surface area is 304 Å². The Hall–Kier alpha value is -6.90. The fraction of sp³-hybridized carbons (Fsp3) is 0. The van der Waals surface area contributed by atoms with Crippen molar-refractivity contribution in [3.05, 3.63) is 212 Å². The predicted molar refractivity (Wildman–Crippen MR) is 218 cm³/mol. The second kappa shape index (κ2) is 13.8. The first kappa shape index (κ1) is 31.1. The molecule has 0 aliphatic carbocycles. The van der Waals surface area contributed by atoms with Crippen LogP contribution in [0.15, 0.2) is 217 Å². The molecule has 2 nitrogen and oxygen atoms in total. The number of para-hydroxylation sites is 1. The Bertz CT molecular complexity index is 2500. The molecule has 9 rings (SSSR count). The molecule has 0 aliphatic rings. The lowest BCUT2D eigenvalue weighted by atomic mass is 9.97. The number of fused-ring (bicyclic) bond motifs is 1. The third-order valence-electron chi connectivity index (χ3n) is 9.65. The van der Waals surface area contributed by atoms with E-state index in [0.717, 1.165) is 50.5 Å². The van der Waals surface area contributed by atoms with Crippen molar-refractivity contribution in [2.24, 2.45) is 0 Å². The maximum Gasteiger partial charge on any atom is 0.135 e. The van der Waals surface area contributed by atoms with Gasteiger partial charge in [-0.3, -0.25) is 0 Å². The zero-order valence-electron chi connectivity index (χ0n) is 28.6. The summed E-state index contributed by atoms with van der Waals surface area (Å²) in [6.45, 7) is 0. The SMILES string of the molecule is c1ccc(-c2ccc(N(c3ccc(-c4cccc(-c5cc6ccccc6o5)c4)cc3)c3cc(-c4ccccc4)cc(-c4ccccc4)c3)cc2)cc1. The van der Waals surface area contributed by atoms with E-state index in [1.54, 1.807) is 0 Å². The van der Waals surface area contributed by atoms with Crippen molar-refractivity contribution in [2.45, 2.75) is 0 Å². The molecule has 0 aliphatic heterocycles. The van der Waals surface area contributed by atoms with Crippen molar-refractivity contribution in [1.82, 2.24) is 0 Å². The van der Waals surface area contributed by atoms with Crippen LogP contribution in [-0.2, 0) is 0 Å². The fourth-order valence-corrected chi connectivity index (χ4v) is 6.99. The highest BCUT2D eigenvalue weighted by molar-refractivity contribution is 5.87. The van der Waals surface area contributed by atoms with Crippen molar-refractivity contribution in [3.63, 3.8) is 0 Å². The highest BCUT2D eigenvalue weighted by Gasteiger charge is 2.17. The molecule has 1 heterocycles. The summed E-state index contributed by atoms with van der Waals surface area (Å²) in [6, 6.07) is 75.4. The molecular formula is C50H35NO. The number of benzene rings is 8. The molecule has 0 radical (unpaired) electrons. The lowest BCUT2D eigenvalue weighted by Gasteiger charge is -2.27. The van der Waals surface area contributed by atoms with E-state index in [1.807, 2.05) is 18.2 Å². The molecule has 2 heteroatoms. The van der Waals surface area contributed by atoms with Gasteiger partial charge >= 0.3 is 0 Å². The molecule has 8 aromatic carbocycles. The quantitative estimate of drug-likeness (QED) is 0.161. The number of hydrogen-bond acceptors (Lipinski definition) is 2. The Morgan fingerprint density at radius 1 is 0.269 bits per heavy atom. The average molecular weight is 666 g/mol. The number of anilines is 3. The van der Waals surface area contributed by atoms with Crippen LogP contribution in [0.3, 0.4) is 0 Å². The monoisotopic (exact) mass is 665 g/mol. The maximum absolute atomic E-state index is 6.21. The van der Waals surface area contributed by atoms with Gasteiger partial charge in [-0.1, -0.05) is 152 Å². The molecule has 0 unspecified atom stereocenters. The first-order chi connectivity index (χ1) is 25.7. The molecule has 1 aromatic heterocycles. The number of hydrogen-bond donors (Lipinski definition) is 0. The topological polar surface area (TPSA) is 16.4 Å². The third-order valence-corrected chi connectivity index (χ3v) is 9.65. The summed E-state index contributed by atoms with van der Waals surface area (Å²) < 4.78 is 6.21. The van der Waals surface area contributed by atoms with E-state index in [4.69, 9.17) is 4.42 Å². The normalized spacial score (nSPS) is 11.1. The van der Waals surface area contributed by atoms with Crippen molar-refractivity contribution in [2.75, 3.05) is 4.90 Å². The highest BCUT2D eigenvalue weighted by Crippen LogP contribution is 2.41. The van der Waals surface area contributed by atoms with Crippen LogP contribution >= 0.6 is 0 Å². The third kappa shape index (κ3) is 6.30. The van der Waals surface area contributed by atoms with E-state index in [0.29, 0.717) is 0 Å². The van der Waals surface area contributed by atoms with Crippen molar-refractivity contribution >= 4 is 28.0 Å². The molecule has 0 saturated heterocycles. The summed E-state index contributed by atoms with van der Waals surface area (Å²) in [7, 11) is 0. The maximum atomic E-state index is 6.21. The van der Waals surface area contributed by atoms with Crippen LogP contribution in [0.25, 0.3) is 66.8 Å². The lowest BCUT2D eigenvalue weighted by Crippen LogP contribution is -2.10. The van der Waals surface area contributed by atoms with E-state index < -0.39 is 0 Å². The van der Waals surface area contributed by atoms with Gasteiger partial charge in [-0.25, -0.2) is 0 Å². The highest BCUT2D eigenvalue weighted by atomic mass is 16.3. The van der Waals surface area contributed by atoms with Gasteiger partial charge in [-0.2, -0.15) is 0 Å².